The number of urea groups is 1. The van der Waals surface area contributed by atoms with E-state index >= 15 is 0 Å². The average Bonchev–Trinajstić information content (AvgIpc) is 2.42. The molecule has 0 saturated heterocycles. The Labute approximate surface area is 129 Å². The lowest BCUT2D eigenvalue weighted by molar-refractivity contribution is 0.156. The maximum absolute atomic E-state index is 12.4. The van der Waals surface area contributed by atoms with Gasteiger partial charge in [0.25, 0.3) is 0 Å². The zero-order chi connectivity index (χ0) is 15.8. The predicted octanol–water partition coefficient (Wildman–Crippen LogP) is 4.26. The van der Waals surface area contributed by atoms with Crippen molar-refractivity contribution in [1.29, 1.82) is 0 Å². The zero-order valence-corrected chi connectivity index (χ0v) is 13.2. The summed E-state index contributed by atoms with van der Waals surface area (Å²) in [4.78, 5) is 14.1. The van der Waals surface area contributed by atoms with E-state index in [9.17, 15) is 9.90 Å². The predicted molar refractivity (Wildman–Crippen MR) is 85.8 cm³/mol. The molecule has 21 heavy (non-hydrogen) atoms. The summed E-state index contributed by atoms with van der Waals surface area (Å²) in [6.45, 7) is 10.1. The number of likely N-dealkylation sites (N-methyl/N-ethyl adjacent to an activating group) is 1. The number of fused-ring (bicyclic) bond motifs is 1. The van der Waals surface area contributed by atoms with Gasteiger partial charge in [0.15, 0.2) is 0 Å². The number of rotatable bonds is 3. The number of hydrogen-bond acceptors (Lipinski definition) is 2. The van der Waals surface area contributed by atoms with Crippen molar-refractivity contribution in [1.82, 2.24) is 4.90 Å². The lowest BCUT2D eigenvalue weighted by atomic mass is 9.80. The van der Waals surface area contributed by atoms with Gasteiger partial charge in [0.1, 0.15) is 5.75 Å². The molecule has 0 saturated carbocycles. The van der Waals surface area contributed by atoms with Crippen molar-refractivity contribution in [2.75, 3.05) is 11.9 Å². The molecule has 2 N–H and O–H groups in total. The van der Waals surface area contributed by atoms with Crippen molar-refractivity contribution < 1.29 is 9.90 Å². The highest BCUT2D eigenvalue weighted by molar-refractivity contribution is 6.32. The lowest BCUT2D eigenvalue weighted by Gasteiger charge is -2.46. The summed E-state index contributed by atoms with van der Waals surface area (Å²) in [6, 6.07) is 2.99. The molecule has 1 aromatic rings. The number of amides is 2. The number of nitrogens with one attached hydrogen (secondary N) is 1. The van der Waals surface area contributed by atoms with Crippen molar-refractivity contribution in [3.05, 3.63) is 47.0 Å². The maximum atomic E-state index is 12.4. The quantitative estimate of drug-likeness (QED) is 0.820. The van der Waals surface area contributed by atoms with E-state index in [1.165, 1.54) is 6.07 Å². The first kappa shape index (κ1) is 15.4. The molecule has 1 aliphatic heterocycles. The molecule has 1 heterocycles. The molecule has 0 spiro atoms. The second-order valence-corrected chi connectivity index (χ2v) is 5.59. The Morgan fingerprint density at radius 2 is 2.24 bits per heavy atom. The van der Waals surface area contributed by atoms with E-state index < -0.39 is 5.54 Å². The first-order valence-electron chi connectivity index (χ1n) is 6.77. The largest absolute Gasteiger partial charge is 0.506 e. The molecule has 0 unspecified atom stereocenters. The van der Waals surface area contributed by atoms with Gasteiger partial charge in [-0.25, -0.2) is 4.79 Å². The Bertz CT molecular complexity index is 639. The van der Waals surface area contributed by atoms with Crippen molar-refractivity contribution in [2.24, 2.45) is 0 Å². The summed E-state index contributed by atoms with van der Waals surface area (Å²) in [5.74, 6) is -0.0478. The standard InChI is InChI=1S/C16H19ClN2O2/c1-5-7-10(3)16(4)11-8-12(17)14(20)9-13(11)18-15(21)19(16)6-2/h5,7-9,20H,1,6H2,2-4H3,(H,18,21)/b10-7+/t16-/m1/s1. The Hall–Kier alpha value is -1.94. The van der Waals surface area contributed by atoms with Gasteiger partial charge in [-0.15, -0.1) is 0 Å². The van der Waals surface area contributed by atoms with Crippen molar-refractivity contribution in [2.45, 2.75) is 26.3 Å². The van der Waals surface area contributed by atoms with E-state index in [-0.39, 0.29) is 16.8 Å². The fraction of sp³-hybridized carbons (Fsp3) is 0.312. The molecule has 1 atom stereocenters. The summed E-state index contributed by atoms with van der Waals surface area (Å²) >= 11 is 6.06. The van der Waals surface area contributed by atoms with Crippen LogP contribution in [0.3, 0.4) is 0 Å². The van der Waals surface area contributed by atoms with Gasteiger partial charge < -0.3 is 15.3 Å². The van der Waals surface area contributed by atoms with Gasteiger partial charge in [-0.05, 0) is 32.4 Å². The van der Waals surface area contributed by atoms with E-state index in [2.05, 4.69) is 11.9 Å². The van der Waals surface area contributed by atoms with E-state index in [0.29, 0.717) is 12.2 Å². The molecule has 2 amide bonds. The van der Waals surface area contributed by atoms with Crippen LogP contribution in [0.2, 0.25) is 5.02 Å². The van der Waals surface area contributed by atoms with Crippen LogP contribution in [0.25, 0.3) is 0 Å². The lowest BCUT2D eigenvalue weighted by Crippen LogP contribution is -2.53. The van der Waals surface area contributed by atoms with Crippen LogP contribution in [-0.4, -0.2) is 22.6 Å². The fourth-order valence-corrected chi connectivity index (χ4v) is 2.99. The number of carbonyl (C=O) groups excluding carboxylic acids is 1. The van der Waals surface area contributed by atoms with Crippen molar-refractivity contribution in [3.8, 4) is 5.75 Å². The summed E-state index contributed by atoms with van der Waals surface area (Å²) in [5, 5.41) is 12.8. The third-order valence-electron chi connectivity index (χ3n) is 4.09. The Morgan fingerprint density at radius 3 is 2.81 bits per heavy atom. The summed E-state index contributed by atoms with van der Waals surface area (Å²) in [7, 11) is 0. The van der Waals surface area contributed by atoms with Crippen LogP contribution >= 0.6 is 11.6 Å². The number of aromatic hydroxyl groups is 1. The average molecular weight is 307 g/mol. The van der Waals surface area contributed by atoms with Crippen LogP contribution in [0.15, 0.2) is 36.4 Å². The van der Waals surface area contributed by atoms with Gasteiger partial charge in [0.2, 0.25) is 0 Å². The number of halogens is 1. The summed E-state index contributed by atoms with van der Waals surface area (Å²) < 4.78 is 0. The molecule has 1 aliphatic rings. The molecule has 5 heteroatoms. The minimum absolute atomic E-state index is 0.0478. The van der Waals surface area contributed by atoms with Gasteiger partial charge in [0, 0.05) is 18.2 Å². The highest BCUT2D eigenvalue weighted by atomic mass is 35.5. The van der Waals surface area contributed by atoms with Gasteiger partial charge in [-0.3, -0.25) is 0 Å². The topological polar surface area (TPSA) is 52.6 Å². The van der Waals surface area contributed by atoms with Gasteiger partial charge in [-0.1, -0.05) is 30.3 Å². The Kier molecular flexibility index (Phi) is 4.01. The fourth-order valence-electron chi connectivity index (χ4n) is 2.82. The molecular weight excluding hydrogens is 288 g/mol. The third kappa shape index (κ3) is 2.29. The van der Waals surface area contributed by atoms with Crippen LogP contribution < -0.4 is 5.32 Å². The van der Waals surface area contributed by atoms with E-state index in [1.54, 1.807) is 17.0 Å². The van der Waals surface area contributed by atoms with Crippen LogP contribution in [0, 0.1) is 0 Å². The second-order valence-electron chi connectivity index (χ2n) is 5.18. The third-order valence-corrected chi connectivity index (χ3v) is 4.39. The van der Waals surface area contributed by atoms with Crippen molar-refractivity contribution >= 4 is 23.3 Å². The second kappa shape index (κ2) is 5.45. The van der Waals surface area contributed by atoms with Crippen LogP contribution in [-0.2, 0) is 5.54 Å². The van der Waals surface area contributed by atoms with E-state index in [4.69, 9.17) is 11.6 Å². The van der Waals surface area contributed by atoms with Crippen LogP contribution in [0.4, 0.5) is 10.5 Å². The first-order chi connectivity index (χ1) is 9.86. The molecule has 0 radical (unpaired) electrons. The first-order valence-corrected chi connectivity index (χ1v) is 7.15. The SMILES string of the molecule is C=C/C=C(\C)[C@]1(C)c2cc(Cl)c(O)cc2NC(=O)N1CC. The Balaban J connectivity index is 2.76. The number of carbonyl (C=O) groups is 1. The molecule has 112 valence electrons. The molecule has 4 nitrogen and oxygen atoms in total. The van der Waals surface area contributed by atoms with Crippen LogP contribution in [0.1, 0.15) is 26.3 Å². The molecule has 0 bridgehead atoms. The molecule has 0 aromatic heterocycles. The summed E-state index contributed by atoms with van der Waals surface area (Å²) in [5.41, 5.74) is 1.75. The number of hydrogen-bond donors (Lipinski definition) is 2. The smallest absolute Gasteiger partial charge is 0.322 e. The number of phenols is 1. The highest BCUT2D eigenvalue weighted by Gasteiger charge is 2.43. The molecule has 1 aromatic carbocycles. The number of anilines is 1. The van der Waals surface area contributed by atoms with E-state index in [0.717, 1.165) is 11.1 Å². The Morgan fingerprint density at radius 1 is 1.57 bits per heavy atom. The summed E-state index contributed by atoms with van der Waals surface area (Å²) in [6.07, 6.45) is 3.58. The van der Waals surface area contributed by atoms with Gasteiger partial charge in [0.05, 0.1) is 16.2 Å². The number of nitrogens with zero attached hydrogens (tertiary/aromatic N) is 1. The maximum Gasteiger partial charge on any atom is 0.322 e. The van der Waals surface area contributed by atoms with Crippen molar-refractivity contribution in [3.63, 3.8) is 0 Å². The monoisotopic (exact) mass is 306 g/mol. The van der Waals surface area contributed by atoms with Gasteiger partial charge >= 0.3 is 6.03 Å². The minimum atomic E-state index is -0.641. The number of allylic oxidation sites excluding steroid dienone is 2. The normalized spacial score (nSPS) is 21.8. The highest BCUT2D eigenvalue weighted by Crippen LogP contribution is 2.45. The molecule has 2 rings (SSSR count). The number of benzene rings is 1. The molecule has 0 aliphatic carbocycles. The number of phenolic OH excluding ortho intramolecular Hbond substituents is 1. The molecule has 0 fully saturated rings. The van der Waals surface area contributed by atoms with Crippen LogP contribution in [0.5, 0.6) is 5.75 Å². The molecular formula is C16H19ClN2O2. The van der Waals surface area contributed by atoms with Gasteiger partial charge in [-0.2, -0.15) is 0 Å². The van der Waals surface area contributed by atoms with E-state index in [1.807, 2.05) is 26.8 Å². The zero-order valence-electron chi connectivity index (χ0n) is 12.4. The minimum Gasteiger partial charge on any atom is -0.506 e.